The van der Waals surface area contributed by atoms with Crippen molar-refractivity contribution < 1.29 is 0 Å². The van der Waals surface area contributed by atoms with Gasteiger partial charge in [0.1, 0.15) is 5.39 Å². The summed E-state index contributed by atoms with van der Waals surface area (Å²) in [4.78, 5) is 13.5. The quantitative estimate of drug-likeness (QED) is 0.702. The van der Waals surface area contributed by atoms with Crippen molar-refractivity contribution in [2.75, 3.05) is 6.54 Å². The zero-order valence-corrected chi connectivity index (χ0v) is 12.7. The van der Waals surface area contributed by atoms with Gasteiger partial charge < -0.3 is 5.32 Å². The van der Waals surface area contributed by atoms with Crippen LogP contribution in [0.4, 0.5) is 0 Å². The van der Waals surface area contributed by atoms with Gasteiger partial charge in [-0.2, -0.15) is 5.10 Å². The van der Waals surface area contributed by atoms with E-state index in [1.54, 1.807) is 23.1 Å². The lowest BCUT2D eigenvalue weighted by Gasteiger charge is -2.05. The van der Waals surface area contributed by atoms with Crippen LogP contribution >= 0.6 is 11.3 Å². The zero-order valence-electron chi connectivity index (χ0n) is 11.9. The summed E-state index contributed by atoms with van der Waals surface area (Å²) >= 11 is 1.73. The first-order valence-corrected chi connectivity index (χ1v) is 7.54. The van der Waals surface area contributed by atoms with Gasteiger partial charge in [0.25, 0.3) is 5.56 Å². The zero-order chi connectivity index (χ0) is 14.8. The lowest BCUT2D eigenvalue weighted by Crippen LogP contribution is -2.29. The van der Waals surface area contributed by atoms with Gasteiger partial charge in [0.15, 0.2) is 5.65 Å². The molecule has 0 aromatic carbocycles. The molecule has 0 unspecified atom stereocenters. The number of nitrogens with zero attached hydrogens (tertiary/aromatic N) is 5. The number of thiophene rings is 1. The molecular formula is C13H16N6OS. The first-order valence-electron chi connectivity index (χ1n) is 6.66. The van der Waals surface area contributed by atoms with E-state index >= 15 is 0 Å². The van der Waals surface area contributed by atoms with Gasteiger partial charge in [-0.05, 0) is 23.9 Å². The fraction of sp³-hybridized carbons (Fsp3) is 0.385. The Morgan fingerprint density at radius 1 is 1.43 bits per heavy atom. The molecule has 0 aliphatic rings. The van der Waals surface area contributed by atoms with Gasteiger partial charge in [0.05, 0.1) is 12.7 Å². The summed E-state index contributed by atoms with van der Waals surface area (Å²) in [5.74, 6) is 0. The summed E-state index contributed by atoms with van der Waals surface area (Å²) in [7, 11) is 1.74. The van der Waals surface area contributed by atoms with Crippen molar-refractivity contribution in [1.29, 1.82) is 0 Å². The van der Waals surface area contributed by atoms with Crippen LogP contribution in [0.2, 0.25) is 0 Å². The third-order valence-electron chi connectivity index (χ3n) is 3.37. The van der Waals surface area contributed by atoms with E-state index < -0.39 is 0 Å². The van der Waals surface area contributed by atoms with Crippen molar-refractivity contribution in [3.8, 4) is 0 Å². The standard InChI is InChI=1S/C13H16N6OS/c1-9-3-6-21-11(9)8-14-4-5-19-13(20)10-7-15-18(2)12(10)16-17-19/h3,6-7,14H,4-5,8H2,1-2H3. The summed E-state index contributed by atoms with van der Waals surface area (Å²) in [5, 5.41) is 17.9. The van der Waals surface area contributed by atoms with Gasteiger partial charge in [0.2, 0.25) is 0 Å². The monoisotopic (exact) mass is 304 g/mol. The second-order valence-electron chi connectivity index (χ2n) is 4.83. The molecule has 0 atom stereocenters. The van der Waals surface area contributed by atoms with E-state index in [1.807, 2.05) is 0 Å². The van der Waals surface area contributed by atoms with E-state index in [0.717, 1.165) is 6.54 Å². The molecule has 0 radical (unpaired) electrons. The topological polar surface area (TPSA) is 77.6 Å². The van der Waals surface area contributed by atoms with Crippen LogP contribution in [-0.2, 0) is 20.1 Å². The number of nitrogens with one attached hydrogen (secondary N) is 1. The minimum Gasteiger partial charge on any atom is -0.310 e. The van der Waals surface area contributed by atoms with Crippen molar-refractivity contribution in [1.82, 2.24) is 30.1 Å². The molecule has 0 bridgehead atoms. The summed E-state index contributed by atoms with van der Waals surface area (Å²) in [6, 6.07) is 2.11. The van der Waals surface area contributed by atoms with Gasteiger partial charge in [-0.1, -0.05) is 5.21 Å². The van der Waals surface area contributed by atoms with Gasteiger partial charge in [-0.15, -0.1) is 16.4 Å². The molecule has 0 spiro atoms. The third-order valence-corrected chi connectivity index (χ3v) is 4.40. The highest BCUT2D eigenvalue weighted by Gasteiger charge is 2.09. The van der Waals surface area contributed by atoms with Crippen LogP contribution in [0.15, 0.2) is 22.4 Å². The first-order chi connectivity index (χ1) is 10.2. The predicted octanol–water partition coefficient (Wildman–Crippen LogP) is 0.685. The number of rotatable bonds is 5. The van der Waals surface area contributed by atoms with E-state index in [0.29, 0.717) is 24.1 Å². The maximum Gasteiger partial charge on any atom is 0.280 e. The number of fused-ring (bicyclic) bond motifs is 1. The second kappa shape index (κ2) is 5.74. The van der Waals surface area contributed by atoms with E-state index in [2.05, 4.69) is 39.1 Å². The second-order valence-corrected chi connectivity index (χ2v) is 5.83. The lowest BCUT2D eigenvalue weighted by molar-refractivity contribution is 0.512. The largest absolute Gasteiger partial charge is 0.310 e. The Labute approximate surface area is 125 Å². The molecule has 3 heterocycles. The molecule has 3 aromatic rings. The Bertz CT molecular complexity index is 818. The van der Waals surface area contributed by atoms with E-state index in [4.69, 9.17) is 0 Å². The number of hydrogen-bond acceptors (Lipinski definition) is 6. The minimum atomic E-state index is -0.151. The molecule has 0 aliphatic carbocycles. The van der Waals surface area contributed by atoms with Crippen LogP contribution < -0.4 is 10.9 Å². The number of aryl methyl sites for hydroxylation is 2. The number of hydrogen-bond donors (Lipinski definition) is 1. The molecule has 0 saturated carbocycles. The molecule has 0 saturated heterocycles. The van der Waals surface area contributed by atoms with Gasteiger partial charge in [-0.3, -0.25) is 4.79 Å². The molecule has 3 aromatic heterocycles. The molecule has 7 nitrogen and oxygen atoms in total. The summed E-state index contributed by atoms with van der Waals surface area (Å²) in [5.41, 5.74) is 1.65. The molecular weight excluding hydrogens is 288 g/mol. The highest BCUT2D eigenvalue weighted by molar-refractivity contribution is 7.10. The van der Waals surface area contributed by atoms with E-state index in [1.165, 1.54) is 21.3 Å². The molecule has 1 N–H and O–H groups in total. The highest BCUT2D eigenvalue weighted by atomic mass is 32.1. The van der Waals surface area contributed by atoms with Crippen LogP contribution in [-0.4, -0.2) is 31.3 Å². The maximum absolute atomic E-state index is 12.2. The third kappa shape index (κ3) is 2.72. The Balaban J connectivity index is 1.64. The van der Waals surface area contributed by atoms with E-state index in [9.17, 15) is 4.79 Å². The minimum absolute atomic E-state index is 0.151. The molecule has 0 aliphatic heterocycles. The van der Waals surface area contributed by atoms with Crippen LogP contribution in [0.5, 0.6) is 0 Å². The first kappa shape index (κ1) is 13.9. The van der Waals surface area contributed by atoms with Crippen LogP contribution in [0.3, 0.4) is 0 Å². The highest BCUT2D eigenvalue weighted by Crippen LogP contribution is 2.14. The van der Waals surface area contributed by atoms with Crippen molar-refractivity contribution in [2.24, 2.45) is 7.05 Å². The number of aromatic nitrogens is 5. The van der Waals surface area contributed by atoms with Gasteiger partial charge in [-0.25, -0.2) is 9.36 Å². The Morgan fingerprint density at radius 2 is 2.29 bits per heavy atom. The molecule has 3 rings (SSSR count). The Morgan fingerprint density at radius 3 is 3.05 bits per heavy atom. The van der Waals surface area contributed by atoms with E-state index in [-0.39, 0.29) is 5.56 Å². The van der Waals surface area contributed by atoms with Gasteiger partial charge in [0, 0.05) is 25.0 Å². The average Bonchev–Trinajstić information content (AvgIpc) is 3.04. The average molecular weight is 304 g/mol. The SMILES string of the molecule is Cc1ccsc1CNCCn1nnc2c(cnn2C)c1=O. The maximum atomic E-state index is 12.2. The fourth-order valence-electron chi connectivity index (χ4n) is 2.09. The van der Waals surface area contributed by atoms with Crippen molar-refractivity contribution in [3.63, 3.8) is 0 Å². The predicted molar refractivity (Wildman–Crippen MR) is 81.3 cm³/mol. The van der Waals surface area contributed by atoms with Gasteiger partial charge >= 0.3 is 0 Å². The smallest absolute Gasteiger partial charge is 0.280 e. The van der Waals surface area contributed by atoms with Crippen molar-refractivity contribution in [2.45, 2.75) is 20.0 Å². The van der Waals surface area contributed by atoms with Crippen LogP contribution in [0.25, 0.3) is 11.0 Å². The molecule has 0 fully saturated rings. The molecule has 0 amide bonds. The molecule has 21 heavy (non-hydrogen) atoms. The fourth-order valence-corrected chi connectivity index (χ4v) is 2.97. The summed E-state index contributed by atoms with van der Waals surface area (Å²) < 4.78 is 2.92. The molecule has 110 valence electrons. The Kier molecular flexibility index (Phi) is 3.80. The van der Waals surface area contributed by atoms with Crippen LogP contribution in [0, 0.1) is 6.92 Å². The molecule has 8 heteroatoms. The Hall–Kier alpha value is -2.06. The normalized spacial score (nSPS) is 11.3. The van der Waals surface area contributed by atoms with Crippen molar-refractivity contribution in [3.05, 3.63) is 38.4 Å². The summed E-state index contributed by atoms with van der Waals surface area (Å²) in [6.07, 6.45) is 1.53. The lowest BCUT2D eigenvalue weighted by atomic mass is 10.3. The van der Waals surface area contributed by atoms with Crippen molar-refractivity contribution >= 4 is 22.4 Å². The summed E-state index contributed by atoms with van der Waals surface area (Å²) in [6.45, 7) is 4.05. The van der Waals surface area contributed by atoms with Crippen LogP contribution in [0.1, 0.15) is 10.4 Å².